The average molecular weight is 963 g/mol. The zero-order valence-electron chi connectivity index (χ0n) is 37.2. The Kier molecular flexibility index (Phi) is 16.9. The largest absolute Gasteiger partial charge is 0.444 e. The molecule has 2 aliphatic rings. The molecule has 4 amide bonds. The van der Waals surface area contributed by atoms with Crippen LogP contribution in [0, 0.1) is 0 Å². The van der Waals surface area contributed by atoms with E-state index in [1.54, 1.807) is 57.3 Å². The van der Waals surface area contributed by atoms with Crippen molar-refractivity contribution in [1.82, 2.24) is 35.1 Å². The molecule has 0 radical (unpaired) electrons. The first-order chi connectivity index (χ1) is 30.5. The fraction of sp³-hybridized carbons (Fsp3) is 0.422. The Balaban J connectivity index is 0.000000232. The number of fused-ring (bicyclic) bond motifs is 4. The lowest BCUT2D eigenvalue weighted by Gasteiger charge is -2.30. The van der Waals surface area contributed by atoms with E-state index < -0.39 is 11.2 Å². The summed E-state index contributed by atoms with van der Waals surface area (Å²) in [7, 11) is 3.32. The number of amides is 4. The second-order valence-corrected chi connectivity index (χ2v) is 20.8. The van der Waals surface area contributed by atoms with E-state index in [9.17, 15) is 19.2 Å². The Labute approximate surface area is 395 Å². The molecule has 0 aliphatic carbocycles. The van der Waals surface area contributed by atoms with Crippen molar-refractivity contribution >= 4 is 99.8 Å². The van der Waals surface area contributed by atoms with E-state index in [1.807, 2.05) is 60.7 Å². The molecule has 0 spiro atoms. The number of nitrogens with zero attached hydrogens (tertiary/aromatic N) is 6. The van der Waals surface area contributed by atoms with Gasteiger partial charge in [0.2, 0.25) is 11.8 Å². The molecular weight excluding hydrogens is 905 g/mol. The van der Waals surface area contributed by atoms with E-state index >= 15 is 0 Å². The second kappa shape index (κ2) is 21.7. The van der Waals surface area contributed by atoms with Gasteiger partial charge in [0, 0.05) is 59.3 Å². The minimum absolute atomic E-state index is 0. The third-order valence-corrected chi connectivity index (χ3v) is 13.9. The van der Waals surface area contributed by atoms with Crippen molar-refractivity contribution in [2.24, 2.45) is 5.73 Å². The van der Waals surface area contributed by atoms with Crippen LogP contribution >= 0.6 is 45.3 Å². The van der Waals surface area contributed by atoms with Gasteiger partial charge in [0.25, 0.3) is 0 Å². The molecule has 0 saturated carbocycles. The molecule has 6 aromatic rings. The molecule has 0 unspecified atom stereocenters. The average Bonchev–Trinajstić information content (AvgIpc) is 4.04. The smallest absolute Gasteiger partial charge is 0.410 e. The highest BCUT2D eigenvalue weighted by Crippen LogP contribution is 2.47. The number of anilines is 2. The van der Waals surface area contributed by atoms with Crippen LogP contribution in [0.15, 0.2) is 49.6 Å². The summed E-state index contributed by atoms with van der Waals surface area (Å²) in [5, 5.41) is 12.2. The number of hydrogen-bond donors (Lipinski definition) is 4. The summed E-state index contributed by atoms with van der Waals surface area (Å²) in [4.78, 5) is 73.1. The van der Waals surface area contributed by atoms with Gasteiger partial charge in [-0.15, -0.1) is 45.3 Å². The van der Waals surface area contributed by atoms with Crippen molar-refractivity contribution < 1.29 is 28.7 Å². The molecule has 0 saturated heterocycles. The van der Waals surface area contributed by atoms with Gasteiger partial charge >= 0.3 is 12.2 Å². The maximum atomic E-state index is 12.6. The topological polar surface area (TPSA) is 207 Å². The standard InChI is InChI=1S/C22H27N5O3S2.C21H22N4O3S2.CH5N.CH4/c1-22(2,3)30-21(29)27-10-7-13-16(12-27)32-20(26-17(28)6-8-23-4)18(13)19-25-14-11-24-9-5-15(14)31-19;1-5-16(26)24-19-17(18-23-13-10-22-8-6-14(13)29-18)12-7-9-25(11-15(12)30-19)20(27)28-21(2,3)4;1-2;/h5,9,11,23H,6-8,10,12H2,1-4H3,(H,26,28);5-6,8,10H,1,7,9,11H2,2-4H3,(H,24,26);2H2,1H3;1H4. The third-order valence-electron chi connectivity index (χ3n) is 9.50. The van der Waals surface area contributed by atoms with Crippen molar-refractivity contribution in [3.8, 4) is 21.1 Å². The highest BCUT2D eigenvalue weighted by molar-refractivity contribution is 7.23. The van der Waals surface area contributed by atoms with Gasteiger partial charge in [-0.2, -0.15) is 0 Å². The Morgan fingerprint density at radius 2 is 1.20 bits per heavy atom. The summed E-state index contributed by atoms with van der Waals surface area (Å²) in [6.45, 7) is 17.3. The zero-order valence-corrected chi connectivity index (χ0v) is 40.5. The monoisotopic (exact) mass is 962 g/mol. The molecule has 8 heterocycles. The Morgan fingerprint density at radius 3 is 1.60 bits per heavy atom. The highest BCUT2D eigenvalue weighted by atomic mass is 32.1. The summed E-state index contributed by atoms with van der Waals surface area (Å²) in [5.74, 6) is -0.326. The molecule has 6 aromatic heterocycles. The number of rotatable bonds is 8. The van der Waals surface area contributed by atoms with Crippen LogP contribution < -0.4 is 21.7 Å². The van der Waals surface area contributed by atoms with Gasteiger partial charge in [0.1, 0.15) is 42.3 Å². The number of carbonyl (C=O) groups is 4. The number of thiazole rings is 2. The van der Waals surface area contributed by atoms with Crippen LogP contribution in [-0.4, -0.2) is 98.7 Å². The molecule has 0 atom stereocenters. The van der Waals surface area contributed by atoms with Crippen molar-refractivity contribution in [2.45, 2.75) is 92.5 Å². The first kappa shape index (κ1) is 50.6. The van der Waals surface area contributed by atoms with Gasteiger partial charge in [-0.1, -0.05) is 14.0 Å². The summed E-state index contributed by atoms with van der Waals surface area (Å²) in [6.07, 6.45) is 9.32. The first-order valence-electron chi connectivity index (χ1n) is 20.6. The van der Waals surface area contributed by atoms with E-state index in [2.05, 4.69) is 38.2 Å². The molecule has 20 heteroatoms. The van der Waals surface area contributed by atoms with Gasteiger partial charge < -0.3 is 41.0 Å². The van der Waals surface area contributed by atoms with E-state index in [-0.39, 0.29) is 31.4 Å². The second-order valence-electron chi connectivity index (χ2n) is 16.5. The molecule has 16 nitrogen and oxygen atoms in total. The summed E-state index contributed by atoms with van der Waals surface area (Å²) >= 11 is 6.14. The maximum Gasteiger partial charge on any atom is 0.410 e. The van der Waals surface area contributed by atoms with Crippen LogP contribution in [0.3, 0.4) is 0 Å². The van der Waals surface area contributed by atoms with Gasteiger partial charge in [0.05, 0.1) is 34.9 Å². The molecule has 5 N–H and O–H groups in total. The maximum absolute atomic E-state index is 12.6. The van der Waals surface area contributed by atoms with Crippen molar-refractivity contribution in [2.75, 3.05) is 44.4 Å². The van der Waals surface area contributed by atoms with E-state index in [0.29, 0.717) is 52.0 Å². The number of carbonyl (C=O) groups excluding carboxylic acids is 4. The van der Waals surface area contributed by atoms with Crippen molar-refractivity contribution in [3.63, 3.8) is 0 Å². The van der Waals surface area contributed by atoms with Crippen molar-refractivity contribution in [1.29, 1.82) is 0 Å². The van der Waals surface area contributed by atoms with Crippen LogP contribution in [0.1, 0.15) is 76.3 Å². The van der Waals surface area contributed by atoms with Crippen LogP contribution in [0.2, 0.25) is 0 Å². The minimum Gasteiger partial charge on any atom is -0.444 e. The quantitative estimate of drug-likeness (QED) is 0.105. The molecular formula is C45H58N10O6S4. The number of hydrogen-bond acceptors (Lipinski definition) is 16. The lowest BCUT2D eigenvalue weighted by molar-refractivity contribution is -0.116. The van der Waals surface area contributed by atoms with Crippen LogP contribution in [0.5, 0.6) is 0 Å². The summed E-state index contributed by atoms with van der Waals surface area (Å²) < 4.78 is 13.2. The van der Waals surface area contributed by atoms with Gasteiger partial charge in [0.15, 0.2) is 0 Å². The number of pyridine rings is 2. The van der Waals surface area contributed by atoms with Crippen LogP contribution in [-0.2, 0) is 45.0 Å². The van der Waals surface area contributed by atoms with E-state index in [4.69, 9.17) is 19.4 Å². The number of thiophene rings is 2. The first-order valence-corrected chi connectivity index (χ1v) is 23.9. The van der Waals surface area contributed by atoms with Gasteiger partial charge in [-0.05, 0) is 97.8 Å². The number of nitrogens with one attached hydrogen (secondary N) is 3. The highest BCUT2D eigenvalue weighted by Gasteiger charge is 2.33. The van der Waals surface area contributed by atoms with E-state index in [1.165, 1.54) is 35.8 Å². The van der Waals surface area contributed by atoms with Crippen molar-refractivity contribution in [3.05, 3.63) is 70.5 Å². The van der Waals surface area contributed by atoms with Crippen LogP contribution in [0.25, 0.3) is 41.6 Å². The normalized spacial score (nSPS) is 13.2. The fourth-order valence-electron chi connectivity index (χ4n) is 6.76. The minimum atomic E-state index is -0.546. The molecule has 2 aliphatic heterocycles. The Hall–Kier alpha value is -5.38. The fourth-order valence-corrected chi connectivity index (χ4v) is 11.5. The Morgan fingerprint density at radius 1 is 0.754 bits per heavy atom. The molecule has 0 fully saturated rings. The number of ether oxygens (including phenoxy) is 2. The SMILES string of the molecule is C.C=CC(=O)Nc1sc2c(c1-c1nc3cnccc3s1)CCN(C(=O)OC(C)(C)C)C2.CN.CNCCC(=O)Nc1sc2c(c1-c1nc3cnccc3s1)CCN(C(=O)OC(C)(C)C)C2. The zero-order chi connectivity index (χ0) is 46.3. The predicted octanol–water partition coefficient (Wildman–Crippen LogP) is 9.31. The molecule has 348 valence electrons. The molecule has 0 aromatic carbocycles. The number of nitrogens with two attached hydrogens (primary N) is 1. The predicted molar refractivity (Wildman–Crippen MR) is 265 cm³/mol. The van der Waals surface area contributed by atoms with E-state index in [0.717, 1.165) is 72.5 Å². The summed E-state index contributed by atoms with van der Waals surface area (Å²) in [6, 6.07) is 3.88. The lowest BCUT2D eigenvalue weighted by Crippen LogP contribution is -2.39. The van der Waals surface area contributed by atoms with Gasteiger partial charge in [-0.25, -0.2) is 19.6 Å². The molecule has 8 rings (SSSR count). The Bertz CT molecular complexity index is 2590. The molecule has 65 heavy (non-hydrogen) atoms. The van der Waals surface area contributed by atoms with Crippen LogP contribution in [0.4, 0.5) is 19.6 Å². The number of aromatic nitrogens is 4. The lowest BCUT2D eigenvalue weighted by atomic mass is 10.0. The third kappa shape index (κ3) is 12.5. The molecule has 0 bridgehead atoms. The summed E-state index contributed by atoms with van der Waals surface area (Å²) in [5.41, 5.74) is 9.23. The van der Waals surface area contributed by atoms with Gasteiger partial charge in [-0.3, -0.25) is 19.6 Å².